The van der Waals surface area contributed by atoms with Crippen LogP contribution in [0.25, 0.3) is 0 Å². The van der Waals surface area contributed by atoms with Crippen molar-refractivity contribution in [1.29, 1.82) is 0 Å². The first kappa shape index (κ1) is 14.0. The normalized spacial score (nSPS) is 10.1. The molecule has 0 aliphatic heterocycles. The number of aryl methyl sites for hydroxylation is 1. The van der Waals surface area contributed by atoms with Crippen molar-refractivity contribution in [2.24, 2.45) is 0 Å². The van der Waals surface area contributed by atoms with Crippen molar-refractivity contribution in [3.63, 3.8) is 0 Å². The summed E-state index contributed by atoms with van der Waals surface area (Å²) < 4.78 is 0. The molecule has 0 unspecified atom stereocenters. The molecule has 2 amide bonds. The number of aliphatic hydroxyl groups is 1. The zero-order valence-corrected chi connectivity index (χ0v) is 11.3. The Morgan fingerprint density at radius 3 is 2.70 bits per heavy atom. The summed E-state index contributed by atoms with van der Waals surface area (Å²) in [5.41, 5.74) is 3.34. The number of amides is 2. The molecule has 1 aromatic carbocycles. The van der Waals surface area contributed by atoms with Crippen molar-refractivity contribution in [3.8, 4) is 0 Å². The van der Waals surface area contributed by atoms with Gasteiger partial charge in [0.2, 0.25) is 0 Å². The highest BCUT2D eigenvalue weighted by Crippen LogP contribution is 2.12. The van der Waals surface area contributed by atoms with Crippen LogP contribution >= 0.6 is 0 Å². The molecule has 104 valence electrons. The van der Waals surface area contributed by atoms with Crippen molar-refractivity contribution < 1.29 is 9.90 Å². The highest BCUT2D eigenvalue weighted by atomic mass is 16.3. The van der Waals surface area contributed by atoms with Gasteiger partial charge in [-0.2, -0.15) is 0 Å². The summed E-state index contributed by atoms with van der Waals surface area (Å²) in [6.07, 6.45) is 3.32. The summed E-state index contributed by atoms with van der Waals surface area (Å²) in [6.45, 7) is 2.21. The SMILES string of the molecule is Cc1cnccc1NC(=O)NCc1ccccc1CO. The molecule has 0 bridgehead atoms. The molecule has 20 heavy (non-hydrogen) atoms. The lowest BCUT2D eigenvalue weighted by Crippen LogP contribution is -2.28. The van der Waals surface area contributed by atoms with E-state index in [-0.39, 0.29) is 12.6 Å². The molecule has 2 aromatic rings. The van der Waals surface area contributed by atoms with E-state index < -0.39 is 0 Å². The van der Waals surface area contributed by atoms with Crippen LogP contribution in [0, 0.1) is 6.92 Å². The average Bonchev–Trinajstić information content (AvgIpc) is 2.48. The number of nitrogens with zero attached hydrogens (tertiary/aromatic N) is 1. The first-order valence-corrected chi connectivity index (χ1v) is 6.34. The lowest BCUT2D eigenvalue weighted by molar-refractivity contribution is 0.251. The van der Waals surface area contributed by atoms with E-state index in [9.17, 15) is 9.90 Å². The Hall–Kier alpha value is -2.40. The fraction of sp³-hybridized carbons (Fsp3) is 0.200. The fourth-order valence-electron chi connectivity index (χ4n) is 1.84. The fourth-order valence-corrected chi connectivity index (χ4v) is 1.84. The first-order chi connectivity index (χ1) is 9.70. The molecular weight excluding hydrogens is 254 g/mol. The molecule has 0 atom stereocenters. The first-order valence-electron chi connectivity index (χ1n) is 6.34. The van der Waals surface area contributed by atoms with Crippen LogP contribution in [0.4, 0.5) is 10.5 Å². The topological polar surface area (TPSA) is 74.2 Å². The highest BCUT2D eigenvalue weighted by Gasteiger charge is 2.05. The van der Waals surface area contributed by atoms with Crippen molar-refractivity contribution in [2.45, 2.75) is 20.1 Å². The molecule has 2 rings (SSSR count). The van der Waals surface area contributed by atoms with Crippen molar-refractivity contribution in [2.75, 3.05) is 5.32 Å². The number of hydrogen-bond donors (Lipinski definition) is 3. The molecule has 0 spiro atoms. The molecule has 0 saturated carbocycles. The summed E-state index contributed by atoms with van der Waals surface area (Å²) in [5.74, 6) is 0. The van der Waals surface area contributed by atoms with Gasteiger partial charge in [-0.15, -0.1) is 0 Å². The summed E-state index contributed by atoms with van der Waals surface area (Å²) in [7, 11) is 0. The minimum atomic E-state index is -0.285. The van der Waals surface area contributed by atoms with Crippen LogP contribution in [-0.4, -0.2) is 16.1 Å². The van der Waals surface area contributed by atoms with Gasteiger partial charge >= 0.3 is 6.03 Å². The molecule has 1 heterocycles. The van der Waals surface area contributed by atoms with Crippen LogP contribution in [0.3, 0.4) is 0 Å². The van der Waals surface area contributed by atoms with E-state index in [0.29, 0.717) is 6.54 Å². The van der Waals surface area contributed by atoms with Crippen LogP contribution in [-0.2, 0) is 13.2 Å². The van der Waals surface area contributed by atoms with E-state index in [2.05, 4.69) is 15.6 Å². The van der Waals surface area contributed by atoms with Gasteiger partial charge in [0.15, 0.2) is 0 Å². The molecule has 0 aliphatic rings. The second kappa shape index (κ2) is 6.68. The van der Waals surface area contributed by atoms with Crippen molar-refractivity contribution in [1.82, 2.24) is 10.3 Å². The third kappa shape index (κ3) is 3.55. The number of carbonyl (C=O) groups excluding carboxylic acids is 1. The Kier molecular flexibility index (Phi) is 4.68. The van der Waals surface area contributed by atoms with Gasteiger partial charge in [-0.3, -0.25) is 4.98 Å². The molecule has 5 nitrogen and oxygen atoms in total. The second-order valence-corrected chi connectivity index (χ2v) is 4.43. The number of carbonyl (C=O) groups is 1. The van der Waals surface area contributed by atoms with Crippen LogP contribution in [0.5, 0.6) is 0 Å². The smallest absolute Gasteiger partial charge is 0.319 e. The number of rotatable bonds is 4. The number of nitrogens with one attached hydrogen (secondary N) is 2. The number of urea groups is 1. The number of aromatic nitrogens is 1. The largest absolute Gasteiger partial charge is 0.392 e. The average molecular weight is 271 g/mol. The lowest BCUT2D eigenvalue weighted by atomic mass is 10.1. The van der Waals surface area contributed by atoms with Gasteiger partial charge in [-0.05, 0) is 29.7 Å². The van der Waals surface area contributed by atoms with Gasteiger partial charge in [0.25, 0.3) is 0 Å². The van der Waals surface area contributed by atoms with Crippen LogP contribution in [0.15, 0.2) is 42.7 Å². The van der Waals surface area contributed by atoms with E-state index in [1.54, 1.807) is 18.5 Å². The summed E-state index contributed by atoms with van der Waals surface area (Å²) >= 11 is 0. The van der Waals surface area contributed by atoms with Gasteiger partial charge in [0.1, 0.15) is 0 Å². The Morgan fingerprint density at radius 2 is 2.00 bits per heavy atom. The Balaban J connectivity index is 1.94. The Morgan fingerprint density at radius 1 is 1.25 bits per heavy atom. The predicted molar refractivity (Wildman–Crippen MR) is 77.2 cm³/mol. The predicted octanol–water partition coefficient (Wildman–Crippen LogP) is 2.20. The Bertz CT molecular complexity index is 599. The number of benzene rings is 1. The van der Waals surface area contributed by atoms with E-state index in [1.165, 1.54) is 0 Å². The van der Waals surface area contributed by atoms with Gasteiger partial charge in [0, 0.05) is 24.6 Å². The molecule has 0 aliphatic carbocycles. The minimum absolute atomic E-state index is 0.0388. The molecule has 1 aromatic heterocycles. The van der Waals surface area contributed by atoms with E-state index in [0.717, 1.165) is 22.4 Å². The quantitative estimate of drug-likeness (QED) is 0.798. The maximum Gasteiger partial charge on any atom is 0.319 e. The third-order valence-electron chi connectivity index (χ3n) is 3.00. The number of pyridine rings is 1. The van der Waals surface area contributed by atoms with Gasteiger partial charge in [-0.25, -0.2) is 4.79 Å². The standard InChI is InChI=1S/C15H17N3O2/c1-11-8-16-7-6-14(11)18-15(20)17-9-12-4-2-3-5-13(12)10-19/h2-8,19H,9-10H2,1H3,(H2,16,17,18,20). The summed E-state index contributed by atoms with van der Waals surface area (Å²) in [4.78, 5) is 15.8. The second-order valence-electron chi connectivity index (χ2n) is 4.43. The monoisotopic (exact) mass is 271 g/mol. The summed E-state index contributed by atoms with van der Waals surface area (Å²) in [5, 5.41) is 14.8. The number of aliphatic hydroxyl groups excluding tert-OH is 1. The Labute approximate surface area is 117 Å². The van der Waals surface area contributed by atoms with Crippen LogP contribution in [0.2, 0.25) is 0 Å². The van der Waals surface area contributed by atoms with Crippen LogP contribution in [0.1, 0.15) is 16.7 Å². The van der Waals surface area contributed by atoms with Crippen LogP contribution < -0.4 is 10.6 Å². The highest BCUT2D eigenvalue weighted by molar-refractivity contribution is 5.89. The molecule has 5 heteroatoms. The van der Waals surface area contributed by atoms with Crippen molar-refractivity contribution in [3.05, 3.63) is 59.4 Å². The maximum atomic E-state index is 11.8. The van der Waals surface area contributed by atoms with Gasteiger partial charge in [0.05, 0.1) is 6.61 Å². The van der Waals surface area contributed by atoms with Gasteiger partial charge < -0.3 is 15.7 Å². The molecular formula is C15H17N3O2. The minimum Gasteiger partial charge on any atom is -0.392 e. The van der Waals surface area contributed by atoms with E-state index in [1.807, 2.05) is 31.2 Å². The molecule has 0 saturated heterocycles. The van der Waals surface area contributed by atoms with Crippen molar-refractivity contribution >= 4 is 11.7 Å². The third-order valence-corrected chi connectivity index (χ3v) is 3.00. The molecule has 0 radical (unpaired) electrons. The maximum absolute atomic E-state index is 11.8. The van der Waals surface area contributed by atoms with E-state index in [4.69, 9.17) is 0 Å². The lowest BCUT2D eigenvalue weighted by Gasteiger charge is -2.11. The number of hydrogen-bond acceptors (Lipinski definition) is 3. The zero-order valence-electron chi connectivity index (χ0n) is 11.3. The molecule has 3 N–H and O–H groups in total. The summed E-state index contributed by atoms with van der Waals surface area (Å²) in [6, 6.07) is 8.91. The zero-order chi connectivity index (χ0) is 14.4. The molecule has 0 fully saturated rings. The van der Waals surface area contributed by atoms with Gasteiger partial charge in [-0.1, -0.05) is 24.3 Å². The van der Waals surface area contributed by atoms with E-state index >= 15 is 0 Å². The number of anilines is 1.